The number of nitrogens with zero attached hydrogens (tertiary/aromatic N) is 3. The first-order valence-electron chi connectivity index (χ1n) is 8.56. The van der Waals surface area contributed by atoms with Gasteiger partial charge in [0.25, 0.3) is 0 Å². The Morgan fingerprint density at radius 3 is 2.44 bits per heavy atom. The smallest absolute Gasteiger partial charge is 0.408 e. The van der Waals surface area contributed by atoms with E-state index in [9.17, 15) is 10.1 Å². The molecule has 5 nitrogen and oxygen atoms in total. The molecule has 1 aromatic heterocycles. The van der Waals surface area contributed by atoms with Crippen LogP contribution in [0.4, 0.5) is 0 Å². The number of likely N-dealkylation sites (tertiary alicyclic amines) is 1. The van der Waals surface area contributed by atoms with E-state index in [0.717, 1.165) is 37.0 Å². The molecule has 4 rings (SSSR count). The van der Waals surface area contributed by atoms with Gasteiger partial charge in [-0.3, -0.25) is 9.47 Å². The van der Waals surface area contributed by atoms with Gasteiger partial charge < -0.3 is 4.42 Å². The first-order valence-corrected chi connectivity index (χ1v) is 8.56. The minimum Gasteiger partial charge on any atom is -0.408 e. The fourth-order valence-electron chi connectivity index (χ4n) is 3.73. The van der Waals surface area contributed by atoms with Gasteiger partial charge in [0.1, 0.15) is 6.04 Å². The van der Waals surface area contributed by atoms with Gasteiger partial charge in [-0.1, -0.05) is 42.5 Å². The molecule has 0 bridgehead atoms. The Kier molecular flexibility index (Phi) is 4.12. The van der Waals surface area contributed by atoms with Gasteiger partial charge in [-0.15, -0.1) is 0 Å². The van der Waals surface area contributed by atoms with Gasteiger partial charge in [-0.2, -0.15) is 5.26 Å². The number of para-hydroxylation sites is 2. The third kappa shape index (κ3) is 2.86. The highest BCUT2D eigenvalue weighted by atomic mass is 16.4. The summed E-state index contributed by atoms with van der Waals surface area (Å²) in [6, 6.07) is 19.7. The van der Waals surface area contributed by atoms with Crippen LogP contribution in [0.3, 0.4) is 0 Å². The zero-order chi connectivity index (χ0) is 17.2. The molecule has 1 unspecified atom stereocenters. The van der Waals surface area contributed by atoms with Crippen LogP contribution in [0.25, 0.3) is 11.1 Å². The topological polar surface area (TPSA) is 62.2 Å². The van der Waals surface area contributed by atoms with Gasteiger partial charge >= 0.3 is 5.76 Å². The highest BCUT2D eigenvalue weighted by Crippen LogP contribution is 2.30. The largest absolute Gasteiger partial charge is 0.420 e. The van der Waals surface area contributed by atoms with Crippen LogP contribution in [0.5, 0.6) is 0 Å². The molecule has 2 heterocycles. The Labute approximate surface area is 145 Å². The number of benzene rings is 2. The molecule has 0 amide bonds. The van der Waals surface area contributed by atoms with Crippen molar-refractivity contribution in [3.63, 3.8) is 0 Å². The molecule has 0 aliphatic carbocycles. The predicted octanol–water partition coefficient (Wildman–Crippen LogP) is 3.50. The number of hydrogen-bond acceptors (Lipinski definition) is 4. The van der Waals surface area contributed by atoms with E-state index >= 15 is 0 Å². The van der Waals surface area contributed by atoms with E-state index in [1.54, 1.807) is 4.57 Å². The molecule has 1 fully saturated rings. The Hall–Kier alpha value is -2.84. The van der Waals surface area contributed by atoms with Gasteiger partial charge in [0.15, 0.2) is 5.58 Å². The highest BCUT2D eigenvalue weighted by molar-refractivity contribution is 5.72. The van der Waals surface area contributed by atoms with Crippen molar-refractivity contribution < 1.29 is 4.42 Å². The average molecular weight is 333 g/mol. The van der Waals surface area contributed by atoms with Crippen molar-refractivity contribution in [1.29, 1.82) is 5.26 Å². The monoisotopic (exact) mass is 333 g/mol. The van der Waals surface area contributed by atoms with Crippen molar-refractivity contribution in [2.45, 2.75) is 24.9 Å². The lowest BCUT2D eigenvalue weighted by molar-refractivity contribution is 0.158. The van der Waals surface area contributed by atoms with Gasteiger partial charge in [-0.25, -0.2) is 4.79 Å². The number of nitriles is 1. The maximum atomic E-state index is 12.3. The minimum atomic E-state index is -0.292. The number of hydrogen-bond donors (Lipinski definition) is 0. The molecular weight excluding hydrogens is 314 g/mol. The first-order chi connectivity index (χ1) is 12.3. The lowest BCUT2D eigenvalue weighted by atomic mass is 9.99. The predicted molar refractivity (Wildman–Crippen MR) is 95.1 cm³/mol. The van der Waals surface area contributed by atoms with Crippen molar-refractivity contribution in [3.8, 4) is 6.07 Å². The third-order valence-corrected chi connectivity index (χ3v) is 4.99. The zero-order valence-electron chi connectivity index (χ0n) is 13.8. The summed E-state index contributed by atoms with van der Waals surface area (Å²) in [6.07, 6.45) is 1.66. The van der Waals surface area contributed by atoms with Crippen LogP contribution in [0.2, 0.25) is 0 Å². The minimum absolute atomic E-state index is 0.113. The van der Waals surface area contributed by atoms with E-state index in [4.69, 9.17) is 4.42 Å². The third-order valence-electron chi connectivity index (χ3n) is 4.99. The quantitative estimate of drug-likeness (QED) is 0.736. The van der Waals surface area contributed by atoms with Crippen LogP contribution in [-0.4, -0.2) is 22.6 Å². The number of aromatic nitrogens is 1. The molecule has 3 aromatic rings. The fraction of sp³-hybridized carbons (Fsp3) is 0.300. The Morgan fingerprint density at radius 2 is 1.72 bits per heavy atom. The maximum Gasteiger partial charge on any atom is 0.420 e. The summed E-state index contributed by atoms with van der Waals surface area (Å²) in [4.78, 5) is 14.5. The van der Waals surface area contributed by atoms with E-state index in [1.807, 2.05) is 54.6 Å². The molecule has 1 aliphatic heterocycles. The van der Waals surface area contributed by atoms with Crippen molar-refractivity contribution in [1.82, 2.24) is 9.47 Å². The van der Waals surface area contributed by atoms with E-state index in [-0.39, 0.29) is 17.8 Å². The van der Waals surface area contributed by atoms with E-state index in [2.05, 4.69) is 11.0 Å². The molecule has 0 radical (unpaired) electrons. The van der Waals surface area contributed by atoms with Gasteiger partial charge in [0, 0.05) is 19.1 Å². The standard InChI is InChI=1S/C20H19N3O2/c21-14-18(15-6-2-1-3-7-15)22-12-10-16(11-13-22)23-17-8-4-5-9-19(17)25-20(23)24/h1-9,16,18H,10-13H2. The van der Waals surface area contributed by atoms with Crippen LogP contribution in [0, 0.1) is 11.3 Å². The Morgan fingerprint density at radius 1 is 1.04 bits per heavy atom. The lowest BCUT2D eigenvalue weighted by Gasteiger charge is -2.35. The summed E-state index contributed by atoms with van der Waals surface area (Å²) in [5.74, 6) is -0.292. The first kappa shape index (κ1) is 15.7. The molecule has 0 spiro atoms. The molecule has 1 atom stereocenters. The van der Waals surface area contributed by atoms with Crippen molar-refractivity contribution in [2.75, 3.05) is 13.1 Å². The fourth-order valence-corrected chi connectivity index (χ4v) is 3.73. The second-order valence-corrected chi connectivity index (χ2v) is 6.42. The molecule has 25 heavy (non-hydrogen) atoms. The van der Waals surface area contributed by atoms with Crippen molar-refractivity contribution >= 4 is 11.1 Å². The van der Waals surface area contributed by atoms with Crippen LogP contribution in [0.15, 0.2) is 63.8 Å². The van der Waals surface area contributed by atoms with Crippen molar-refractivity contribution in [3.05, 3.63) is 70.7 Å². The van der Waals surface area contributed by atoms with Gasteiger partial charge in [-0.05, 0) is 30.5 Å². The van der Waals surface area contributed by atoms with Crippen LogP contribution < -0.4 is 5.76 Å². The van der Waals surface area contributed by atoms with E-state index in [1.165, 1.54) is 0 Å². The summed E-state index contributed by atoms with van der Waals surface area (Å²) >= 11 is 0. The summed E-state index contributed by atoms with van der Waals surface area (Å²) in [5, 5.41) is 9.61. The molecule has 2 aromatic carbocycles. The van der Waals surface area contributed by atoms with Crippen LogP contribution in [0.1, 0.15) is 30.5 Å². The second kappa shape index (κ2) is 6.58. The molecule has 5 heteroatoms. The molecule has 1 aliphatic rings. The number of oxazole rings is 1. The van der Waals surface area contributed by atoms with Gasteiger partial charge in [0.2, 0.25) is 0 Å². The molecule has 0 N–H and O–H groups in total. The SMILES string of the molecule is N#CC(c1ccccc1)N1CCC(n2c(=O)oc3ccccc32)CC1. The second-order valence-electron chi connectivity index (χ2n) is 6.42. The molecule has 126 valence electrons. The van der Waals surface area contributed by atoms with E-state index < -0.39 is 0 Å². The summed E-state index contributed by atoms with van der Waals surface area (Å²) in [7, 11) is 0. The maximum absolute atomic E-state index is 12.3. The normalized spacial score (nSPS) is 17.4. The molecule has 1 saturated heterocycles. The summed E-state index contributed by atoms with van der Waals surface area (Å²) in [6.45, 7) is 1.56. The van der Waals surface area contributed by atoms with E-state index in [0.29, 0.717) is 5.58 Å². The number of rotatable bonds is 3. The number of piperidine rings is 1. The Balaban J connectivity index is 1.54. The molecular formula is C20H19N3O2. The van der Waals surface area contributed by atoms with Crippen LogP contribution in [-0.2, 0) is 0 Å². The van der Waals surface area contributed by atoms with Crippen molar-refractivity contribution in [2.24, 2.45) is 0 Å². The highest BCUT2D eigenvalue weighted by Gasteiger charge is 2.28. The summed E-state index contributed by atoms with van der Waals surface area (Å²) in [5.41, 5.74) is 2.51. The van der Waals surface area contributed by atoms with Crippen LogP contribution >= 0.6 is 0 Å². The molecule has 0 saturated carbocycles. The average Bonchev–Trinajstić information content (AvgIpc) is 3.00. The summed E-state index contributed by atoms with van der Waals surface area (Å²) < 4.78 is 7.13. The Bertz CT molecular complexity index is 960. The lowest BCUT2D eigenvalue weighted by Crippen LogP contribution is -2.38. The number of fused-ring (bicyclic) bond motifs is 1. The zero-order valence-corrected chi connectivity index (χ0v) is 13.8. The van der Waals surface area contributed by atoms with Gasteiger partial charge in [0.05, 0.1) is 11.6 Å².